The van der Waals surface area contributed by atoms with Crippen LogP contribution in [0.3, 0.4) is 0 Å². The molecular weight excluding hydrogens is 265 g/mol. The summed E-state index contributed by atoms with van der Waals surface area (Å²) < 4.78 is 13.3. The molecule has 2 aromatic rings. The molecule has 110 valence electrons. The molecule has 0 bridgehead atoms. The van der Waals surface area contributed by atoms with Gasteiger partial charge < -0.3 is 5.32 Å². The van der Waals surface area contributed by atoms with Crippen LogP contribution < -0.4 is 5.32 Å². The first-order chi connectivity index (χ1) is 10.2. The zero-order valence-corrected chi connectivity index (χ0v) is 12.5. The molecule has 0 spiro atoms. The number of nitrogens with zero attached hydrogens (tertiary/aromatic N) is 2. The number of hydrogen-bond donors (Lipinski definition) is 1. The molecule has 0 saturated heterocycles. The molecule has 0 aliphatic heterocycles. The highest BCUT2D eigenvalue weighted by atomic mass is 19.1. The Hall–Kier alpha value is -1.97. The first kappa shape index (κ1) is 14.0. The number of nitrogens with one attached hydrogen (secondary N) is 1. The van der Waals surface area contributed by atoms with Gasteiger partial charge in [0.25, 0.3) is 0 Å². The third kappa shape index (κ3) is 3.20. The van der Waals surface area contributed by atoms with E-state index in [2.05, 4.69) is 17.2 Å². The minimum Gasteiger partial charge on any atom is -0.370 e. The third-order valence-corrected chi connectivity index (χ3v) is 3.71. The van der Waals surface area contributed by atoms with Crippen LogP contribution in [-0.4, -0.2) is 16.5 Å². The first-order valence-corrected chi connectivity index (χ1v) is 7.56. The van der Waals surface area contributed by atoms with Crippen LogP contribution in [0.4, 0.5) is 10.2 Å². The van der Waals surface area contributed by atoms with Crippen molar-refractivity contribution in [3.8, 4) is 11.3 Å². The highest BCUT2D eigenvalue weighted by Crippen LogP contribution is 2.39. The maximum atomic E-state index is 13.3. The van der Waals surface area contributed by atoms with E-state index in [0.29, 0.717) is 5.92 Å². The lowest BCUT2D eigenvalue weighted by molar-refractivity contribution is 0.627. The van der Waals surface area contributed by atoms with Crippen molar-refractivity contribution in [1.82, 2.24) is 9.97 Å². The molecule has 0 amide bonds. The van der Waals surface area contributed by atoms with Gasteiger partial charge in [0.1, 0.15) is 17.5 Å². The minimum absolute atomic E-state index is 0.211. The Morgan fingerprint density at radius 2 is 2.05 bits per heavy atom. The van der Waals surface area contributed by atoms with Crippen molar-refractivity contribution >= 4 is 5.82 Å². The summed E-state index contributed by atoms with van der Waals surface area (Å²) in [7, 11) is 0. The van der Waals surface area contributed by atoms with Crippen LogP contribution in [0.2, 0.25) is 0 Å². The predicted octanol–water partition coefficient (Wildman–Crippen LogP) is 4.29. The van der Waals surface area contributed by atoms with E-state index in [0.717, 1.165) is 41.4 Å². The van der Waals surface area contributed by atoms with Crippen LogP contribution >= 0.6 is 0 Å². The molecule has 21 heavy (non-hydrogen) atoms. The Kier molecular flexibility index (Phi) is 3.86. The van der Waals surface area contributed by atoms with E-state index in [1.54, 1.807) is 12.1 Å². The Morgan fingerprint density at radius 3 is 2.71 bits per heavy atom. The van der Waals surface area contributed by atoms with E-state index in [1.807, 2.05) is 13.0 Å². The maximum absolute atomic E-state index is 13.3. The highest BCUT2D eigenvalue weighted by molar-refractivity contribution is 5.66. The molecule has 1 aromatic carbocycles. The summed E-state index contributed by atoms with van der Waals surface area (Å²) in [5.41, 5.74) is 2.75. The molecule has 1 heterocycles. The smallest absolute Gasteiger partial charge is 0.134 e. The molecule has 3 nitrogen and oxygen atoms in total. The van der Waals surface area contributed by atoms with Crippen LogP contribution in [0.5, 0.6) is 0 Å². The summed E-state index contributed by atoms with van der Waals surface area (Å²) in [5, 5.41) is 3.33. The van der Waals surface area contributed by atoms with Crippen molar-refractivity contribution in [2.24, 2.45) is 0 Å². The van der Waals surface area contributed by atoms with Gasteiger partial charge >= 0.3 is 0 Å². The van der Waals surface area contributed by atoms with E-state index in [4.69, 9.17) is 4.98 Å². The van der Waals surface area contributed by atoms with Crippen LogP contribution in [0.1, 0.15) is 43.5 Å². The number of aryl methyl sites for hydroxylation is 1. The molecule has 4 heteroatoms. The van der Waals surface area contributed by atoms with E-state index in [9.17, 15) is 4.39 Å². The minimum atomic E-state index is -0.211. The topological polar surface area (TPSA) is 37.8 Å². The molecular formula is C17H20FN3. The van der Waals surface area contributed by atoms with Crippen molar-refractivity contribution in [1.29, 1.82) is 0 Å². The average molecular weight is 285 g/mol. The molecule has 3 rings (SSSR count). The van der Waals surface area contributed by atoms with E-state index in [1.165, 1.54) is 18.9 Å². The summed E-state index contributed by atoms with van der Waals surface area (Å²) in [5.74, 6) is 2.06. The van der Waals surface area contributed by atoms with Gasteiger partial charge in [-0.1, -0.05) is 6.92 Å². The van der Waals surface area contributed by atoms with Crippen LogP contribution in [-0.2, 0) is 0 Å². The van der Waals surface area contributed by atoms with Gasteiger partial charge in [0, 0.05) is 24.1 Å². The molecule has 1 saturated carbocycles. The summed E-state index contributed by atoms with van der Waals surface area (Å²) in [4.78, 5) is 9.30. The van der Waals surface area contributed by atoms with Gasteiger partial charge in [-0.05, 0) is 49.9 Å². The van der Waals surface area contributed by atoms with Gasteiger partial charge in [0.2, 0.25) is 0 Å². The molecule has 1 N–H and O–H groups in total. The fourth-order valence-corrected chi connectivity index (χ4v) is 2.39. The normalized spacial score (nSPS) is 14.2. The number of halogens is 1. The average Bonchev–Trinajstić information content (AvgIpc) is 3.29. The molecule has 1 aliphatic rings. The predicted molar refractivity (Wildman–Crippen MR) is 82.9 cm³/mol. The van der Waals surface area contributed by atoms with Crippen molar-refractivity contribution in [2.45, 2.75) is 39.0 Å². The van der Waals surface area contributed by atoms with E-state index < -0.39 is 0 Å². The fourth-order valence-electron chi connectivity index (χ4n) is 2.39. The summed E-state index contributed by atoms with van der Waals surface area (Å²) in [6.07, 6.45) is 3.38. The molecule has 0 radical (unpaired) electrons. The Balaban J connectivity index is 2.01. The van der Waals surface area contributed by atoms with E-state index >= 15 is 0 Å². The summed E-state index contributed by atoms with van der Waals surface area (Å²) in [6, 6.07) is 6.79. The summed E-state index contributed by atoms with van der Waals surface area (Å²) in [6.45, 7) is 4.93. The second kappa shape index (κ2) is 5.80. The second-order valence-electron chi connectivity index (χ2n) is 5.66. The molecule has 0 unspecified atom stereocenters. The zero-order chi connectivity index (χ0) is 14.8. The van der Waals surface area contributed by atoms with Gasteiger partial charge in [-0.25, -0.2) is 14.4 Å². The van der Waals surface area contributed by atoms with Gasteiger partial charge in [-0.15, -0.1) is 0 Å². The number of aromatic nitrogens is 2. The number of rotatable bonds is 5. The Morgan fingerprint density at radius 1 is 1.24 bits per heavy atom. The number of benzene rings is 1. The second-order valence-corrected chi connectivity index (χ2v) is 5.66. The van der Waals surface area contributed by atoms with Gasteiger partial charge in [0.05, 0.1) is 5.69 Å². The van der Waals surface area contributed by atoms with Crippen molar-refractivity contribution in [3.05, 3.63) is 41.5 Å². The van der Waals surface area contributed by atoms with Gasteiger partial charge in [-0.3, -0.25) is 0 Å². The summed E-state index contributed by atoms with van der Waals surface area (Å²) >= 11 is 0. The van der Waals surface area contributed by atoms with Crippen LogP contribution in [0.25, 0.3) is 11.3 Å². The number of hydrogen-bond acceptors (Lipinski definition) is 3. The number of anilines is 1. The van der Waals surface area contributed by atoms with Crippen LogP contribution in [0, 0.1) is 12.7 Å². The zero-order valence-electron chi connectivity index (χ0n) is 12.5. The lowest BCUT2D eigenvalue weighted by atomic mass is 10.1. The SMILES string of the molecule is CCCNc1cc(-c2ccc(F)cc2C)nc(C2CC2)n1. The quantitative estimate of drug-likeness (QED) is 0.890. The molecule has 1 aliphatic carbocycles. The molecule has 0 atom stereocenters. The van der Waals surface area contributed by atoms with Gasteiger partial charge in [0.15, 0.2) is 0 Å². The van der Waals surface area contributed by atoms with Gasteiger partial charge in [-0.2, -0.15) is 0 Å². The van der Waals surface area contributed by atoms with Crippen molar-refractivity contribution in [3.63, 3.8) is 0 Å². The maximum Gasteiger partial charge on any atom is 0.134 e. The van der Waals surface area contributed by atoms with E-state index in [-0.39, 0.29) is 5.82 Å². The lowest BCUT2D eigenvalue weighted by Crippen LogP contribution is -2.06. The monoisotopic (exact) mass is 285 g/mol. The molecule has 1 fully saturated rings. The van der Waals surface area contributed by atoms with Crippen molar-refractivity contribution in [2.75, 3.05) is 11.9 Å². The third-order valence-electron chi connectivity index (χ3n) is 3.71. The fraction of sp³-hybridized carbons (Fsp3) is 0.412. The van der Waals surface area contributed by atoms with Crippen LogP contribution in [0.15, 0.2) is 24.3 Å². The molecule has 1 aromatic heterocycles. The standard InChI is InChI=1S/C17H20FN3/c1-3-8-19-16-10-15(20-17(21-16)12-4-5-12)14-7-6-13(18)9-11(14)2/h6-7,9-10,12H,3-5,8H2,1-2H3,(H,19,20,21). The highest BCUT2D eigenvalue weighted by Gasteiger charge is 2.27. The largest absolute Gasteiger partial charge is 0.370 e. The first-order valence-electron chi connectivity index (χ1n) is 7.56. The lowest BCUT2D eigenvalue weighted by Gasteiger charge is -2.11. The van der Waals surface area contributed by atoms with Crippen molar-refractivity contribution < 1.29 is 4.39 Å². The Labute approximate surface area is 124 Å². The Bertz CT molecular complexity index is 650.